The largest absolute Gasteiger partial charge is 0.496 e. The highest BCUT2D eigenvalue weighted by atomic mass is 16.5. The van der Waals surface area contributed by atoms with E-state index in [1.807, 2.05) is 54.7 Å². The maximum absolute atomic E-state index is 12.7. The predicted octanol–water partition coefficient (Wildman–Crippen LogP) is 3.01. The summed E-state index contributed by atoms with van der Waals surface area (Å²) >= 11 is 0. The van der Waals surface area contributed by atoms with Crippen LogP contribution in [-0.2, 0) is 11.3 Å². The number of fused-ring (bicyclic) bond motifs is 1. The fourth-order valence-corrected chi connectivity index (χ4v) is 3.34. The van der Waals surface area contributed by atoms with Gasteiger partial charge in [0.15, 0.2) is 0 Å². The number of pyridine rings is 1. The van der Waals surface area contributed by atoms with Gasteiger partial charge < -0.3 is 19.7 Å². The molecule has 0 aliphatic carbocycles. The molecule has 1 aliphatic heterocycles. The molecule has 1 fully saturated rings. The Balaban J connectivity index is 1.44. The van der Waals surface area contributed by atoms with Gasteiger partial charge in [-0.2, -0.15) is 0 Å². The van der Waals surface area contributed by atoms with Crippen molar-refractivity contribution >= 4 is 22.5 Å². The molecule has 0 radical (unpaired) electrons. The van der Waals surface area contributed by atoms with Crippen molar-refractivity contribution in [1.29, 1.82) is 0 Å². The van der Waals surface area contributed by atoms with Crippen molar-refractivity contribution in [3.63, 3.8) is 0 Å². The summed E-state index contributed by atoms with van der Waals surface area (Å²) in [5.41, 5.74) is 1.48. The third kappa shape index (κ3) is 3.92. The topological polar surface area (TPSA) is 63.7 Å². The van der Waals surface area contributed by atoms with E-state index in [9.17, 15) is 4.79 Å². The zero-order chi connectivity index (χ0) is 19.3. The molecule has 0 saturated carbocycles. The number of methoxy groups -OCH3 is 1. The number of morpholine rings is 1. The van der Waals surface area contributed by atoms with Gasteiger partial charge in [-0.05, 0) is 34.5 Å². The standard InChI is InChI=1S/C22H23N3O3/c1-27-20-13-18-5-3-2-4-17(18)12-19(20)22(26)24-15-16-6-7-21(23-14-16)25-8-10-28-11-9-25/h2-7,12-14H,8-11,15H2,1H3,(H,24,26). The summed E-state index contributed by atoms with van der Waals surface area (Å²) in [4.78, 5) is 19.4. The molecule has 0 spiro atoms. The van der Waals surface area contributed by atoms with Gasteiger partial charge in [0.05, 0.1) is 25.9 Å². The second-order valence-corrected chi connectivity index (χ2v) is 6.71. The number of carbonyl (C=O) groups is 1. The molecule has 2 aromatic carbocycles. The molecular weight excluding hydrogens is 354 g/mol. The van der Waals surface area contributed by atoms with Crippen molar-refractivity contribution in [3.8, 4) is 5.75 Å². The zero-order valence-electron chi connectivity index (χ0n) is 15.9. The van der Waals surface area contributed by atoms with Gasteiger partial charge in [0.1, 0.15) is 11.6 Å². The first kappa shape index (κ1) is 18.3. The van der Waals surface area contributed by atoms with E-state index in [0.29, 0.717) is 17.9 Å². The lowest BCUT2D eigenvalue weighted by Gasteiger charge is -2.27. The lowest BCUT2D eigenvalue weighted by Crippen LogP contribution is -2.36. The number of nitrogens with zero attached hydrogens (tertiary/aromatic N) is 2. The van der Waals surface area contributed by atoms with Crippen LogP contribution in [0.1, 0.15) is 15.9 Å². The van der Waals surface area contributed by atoms with E-state index in [4.69, 9.17) is 9.47 Å². The number of ether oxygens (including phenoxy) is 2. The Labute approximate surface area is 164 Å². The Kier molecular flexibility index (Phi) is 5.39. The molecule has 0 unspecified atom stereocenters. The average Bonchev–Trinajstić information content (AvgIpc) is 2.77. The number of carbonyl (C=O) groups excluding carboxylic acids is 1. The van der Waals surface area contributed by atoms with Crippen LogP contribution in [-0.4, -0.2) is 44.3 Å². The smallest absolute Gasteiger partial charge is 0.255 e. The van der Waals surface area contributed by atoms with Gasteiger partial charge in [-0.15, -0.1) is 0 Å². The molecule has 0 atom stereocenters. The number of hydrogen-bond donors (Lipinski definition) is 1. The van der Waals surface area contributed by atoms with Crippen LogP contribution in [0.25, 0.3) is 10.8 Å². The van der Waals surface area contributed by atoms with Crippen LogP contribution >= 0.6 is 0 Å². The van der Waals surface area contributed by atoms with E-state index in [0.717, 1.165) is 48.5 Å². The van der Waals surface area contributed by atoms with Gasteiger partial charge >= 0.3 is 0 Å². The molecule has 1 aromatic heterocycles. The lowest BCUT2D eigenvalue weighted by molar-refractivity contribution is 0.0948. The number of aromatic nitrogens is 1. The average molecular weight is 377 g/mol. The zero-order valence-corrected chi connectivity index (χ0v) is 15.9. The van der Waals surface area contributed by atoms with E-state index >= 15 is 0 Å². The molecule has 1 N–H and O–H groups in total. The van der Waals surface area contributed by atoms with Gasteiger partial charge in [-0.25, -0.2) is 4.98 Å². The Morgan fingerprint density at radius 3 is 2.57 bits per heavy atom. The van der Waals surface area contributed by atoms with Gasteiger partial charge in [0.25, 0.3) is 5.91 Å². The monoisotopic (exact) mass is 377 g/mol. The van der Waals surface area contributed by atoms with Crippen LogP contribution in [0.15, 0.2) is 54.7 Å². The molecule has 1 aliphatic rings. The summed E-state index contributed by atoms with van der Waals surface area (Å²) in [6.07, 6.45) is 1.81. The molecule has 6 nitrogen and oxygen atoms in total. The minimum Gasteiger partial charge on any atom is -0.496 e. The fraction of sp³-hybridized carbons (Fsp3) is 0.273. The quantitative estimate of drug-likeness (QED) is 0.741. The first-order chi connectivity index (χ1) is 13.7. The number of hydrogen-bond acceptors (Lipinski definition) is 5. The predicted molar refractivity (Wildman–Crippen MR) is 109 cm³/mol. The fourth-order valence-electron chi connectivity index (χ4n) is 3.34. The van der Waals surface area contributed by atoms with Gasteiger partial charge in [0.2, 0.25) is 0 Å². The summed E-state index contributed by atoms with van der Waals surface area (Å²) in [5.74, 6) is 1.34. The van der Waals surface area contributed by atoms with Crippen LogP contribution in [0.2, 0.25) is 0 Å². The molecule has 2 heterocycles. The van der Waals surface area contributed by atoms with E-state index in [-0.39, 0.29) is 5.91 Å². The highest BCUT2D eigenvalue weighted by molar-refractivity contribution is 6.01. The lowest BCUT2D eigenvalue weighted by atomic mass is 10.1. The molecule has 1 saturated heterocycles. The highest BCUT2D eigenvalue weighted by Crippen LogP contribution is 2.26. The number of amides is 1. The van der Waals surface area contributed by atoms with E-state index < -0.39 is 0 Å². The minimum absolute atomic E-state index is 0.167. The first-order valence-electron chi connectivity index (χ1n) is 9.37. The number of nitrogens with one attached hydrogen (secondary N) is 1. The molecule has 4 rings (SSSR count). The summed E-state index contributed by atoms with van der Waals surface area (Å²) in [7, 11) is 1.58. The van der Waals surface area contributed by atoms with Crippen LogP contribution in [0.5, 0.6) is 5.75 Å². The van der Waals surface area contributed by atoms with Crippen molar-refractivity contribution in [2.45, 2.75) is 6.54 Å². The molecule has 0 bridgehead atoms. The molecule has 1 amide bonds. The minimum atomic E-state index is -0.167. The number of benzene rings is 2. The van der Waals surface area contributed by atoms with Crippen molar-refractivity contribution in [2.24, 2.45) is 0 Å². The summed E-state index contributed by atoms with van der Waals surface area (Å²) in [6.45, 7) is 3.57. The van der Waals surface area contributed by atoms with Crippen molar-refractivity contribution in [1.82, 2.24) is 10.3 Å². The van der Waals surface area contributed by atoms with Gasteiger partial charge in [-0.3, -0.25) is 4.79 Å². The third-order valence-electron chi connectivity index (χ3n) is 4.91. The summed E-state index contributed by atoms with van der Waals surface area (Å²) in [5, 5.41) is 5.01. The Bertz CT molecular complexity index is 966. The number of anilines is 1. The second-order valence-electron chi connectivity index (χ2n) is 6.71. The Morgan fingerprint density at radius 1 is 1.14 bits per heavy atom. The molecular formula is C22H23N3O3. The van der Waals surface area contributed by atoms with E-state index in [1.165, 1.54) is 0 Å². The van der Waals surface area contributed by atoms with Crippen LogP contribution in [0, 0.1) is 0 Å². The van der Waals surface area contributed by atoms with Crippen LogP contribution < -0.4 is 15.0 Å². The summed E-state index contributed by atoms with van der Waals surface area (Å²) < 4.78 is 10.8. The van der Waals surface area contributed by atoms with E-state index in [2.05, 4.69) is 15.2 Å². The van der Waals surface area contributed by atoms with Gasteiger partial charge in [0, 0.05) is 25.8 Å². The van der Waals surface area contributed by atoms with Crippen molar-refractivity contribution in [2.75, 3.05) is 38.3 Å². The van der Waals surface area contributed by atoms with Crippen LogP contribution in [0.3, 0.4) is 0 Å². The maximum atomic E-state index is 12.7. The number of rotatable bonds is 5. The Morgan fingerprint density at radius 2 is 1.89 bits per heavy atom. The molecule has 3 aromatic rings. The van der Waals surface area contributed by atoms with Crippen molar-refractivity contribution < 1.29 is 14.3 Å². The molecule has 28 heavy (non-hydrogen) atoms. The molecule has 144 valence electrons. The maximum Gasteiger partial charge on any atom is 0.255 e. The second kappa shape index (κ2) is 8.27. The van der Waals surface area contributed by atoms with Crippen molar-refractivity contribution in [3.05, 3.63) is 65.9 Å². The third-order valence-corrected chi connectivity index (χ3v) is 4.91. The van der Waals surface area contributed by atoms with Gasteiger partial charge in [-0.1, -0.05) is 30.3 Å². The SMILES string of the molecule is COc1cc2ccccc2cc1C(=O)NCc1ccc(N2CCOCC2)nc1. The van der Waals surface area contributed by atoms with Crippen LogP contribution in [0.4, 0.5) is 5.82 Å². The normalized spacial score (nSPS) is 14.1. The molecule has 6 heteroatoms. The Hall–Kier alpha value is -3.12. The first-order valence-corrected chi connectivity index (χ1v) is 9.37. The highest BCUT2D eigenvalue weighted by Gasteiger charge is 2.14. The van der Waals surface area contributed by atoms with E-state index in [1.54, 1.807) is 7.11 Å². The summed E-state index contributed by atoms with van der Waals surface area (Å²) in [6, 6.07) is 15.7.